The van der Waals surface area contributed by atoms with Crippen LogP contribution in [0.4, 0.5) is 5.95 Å². The maximum Gasteiger partial charge on any atom is 0.337 e. The summed E-state index contributed by atoms with van der Waals surface area (Å²) in [6.45, 7) is 2.31. The van der Waals surface area contributed by atoms with E-state index in [1.54, 1.807) is 11.4 Å². The molecule has 0 aromatic carbocycles. The van der Waals surface area contributed by atoms with Crippen LogP contribution in [0, 0.1) is 0 Å². The van der Waals surface area contributed by atoms with Gasteiger partial charge in [0.25, 0.3) is 5.91 Å². The van der Waals surface area contributed by atoms with Crippen molar-refractivity contribution in [1.82, 2.24) is 15.2 Å². The smallest absolute Gasteiger partial charge is 0.337 e. The van der Waals surface area contributed by atoms with Crippen LogP contribution < -0.4 is 10.1 Å². The van der Waals surface area contributed by atoms with Crippen LogP contribution in [0.5, 0.6) is 6.01 Å². The third kappa shape index (κ3) is 3.04. The molecule has 1 amide bonds. The van der Waals surface area contributed by atoms with Gasteiger partial charge in [0.15, 0.2) is 0 Å². The zero-order valence-electron chi connectivity index (χ0n) is 8.86. The van der Waals surface area contributed by atoms with E-state index in [-0.39, 0.29) is 17.9 Å². The Labute approximate surface area is 110 Å². The molecule has 8 heteroatoms. The number of ether oxygens (including phenoxy) is 1. The first kappa shape index (κ1) is 12.1. The fourth-order valence-electron chi connectivity index (χ4n) is 1.10. The SMILES string of the molecule is CCOc1n[nH]c(NC(=O)c2csc(Br)c2)n1. The molecule has 2 heterocycles. The molecule has 2 N–H and O–H groups in total. The van der Waals surface area contributed by atoms with E-state index >= 15 is 0 Å². The van der Waals surface area contributed by atoms with Gasteiger partial charge in [-0.05, 0) is 28.9 Å². The van der Waals surface area contributed by atoms with Crippen molar-refractivity contribution in [3.05, 3.63) is 20.8 Å². The van der Waals surface area contributed by atoms with Gasteiger partial charge in [-0.3, -0.25) is 10.1 Å². The Kier molecular flexibility index (Phi) is 3.75. The van der Waals surface area contributed by atoms with Crippen molar-refractivity contribution in [2.45, 2.75) is 6.92 Å². The first-order valence-corrected chi connectivity index (χ1v) is 6.47. The zero-order valence-corrected chi connectivity index (χ0v) is 11.3. The number of rotatable bonds is 4. The van der Waals surface area contributed by atoms with E-state index in [4.69, 9.17) is 4.74 Å². The second-order valence-electron chi connectivity index (χ2n) is 2.99. The summed E-state index contributed by atoms with van der Waals surface area (Å²) < 4.78 is 5.97. The van der Waals surface area contributed by atoms with Gasteiger partial charge < -0.3 is 4.74 Å². The van der Waals surface area contributed by atoms with Crippen molar-refractivity contribution in [3.8, 4) is 6.01 Å². The Hall–Kier alpha value is -1.41. The van der Waals surface area contributed by atoms with Crippen molar-refractivity contribution < 1.29 is 9.53 Å². The van der Waals surface area contributed by atoms with Crippen LogP contribution in [0.25, 0.3) is 0 Å². The summed E-state index contributed by atoms with van der Waals surface area (Å²) in [4.78, 5) is 15.7. The highest BCUT2D eigenvalue weighted by Gasteiger charge is 2.11. The molecule has 0 bridgehead atoms. The van der Waals surface area contributed by atoms with Gasteiger partial charge in [0, 0.05) is 5.38 Å². The molecule has 0 spiro atoms. The van der Waals surface area contributed by atoms with Crippen molar-refractivity contribution in [2.75, 3.05) is 11.9 Å². The van der Waals surface area contributed by atoms with E-state index in [1.165, 1.54) is 11.3 Å². The summed E-state index contributed by atoms with van der Waals surface area (Å²) in [7, 11) is 0. The summed E-state index contributed by atoms with van der Waals surface area (Å²) in [5.74, 6) is 0.0203. The fraction of sp³-hybridized carbons (Fsp3) is 0.222. The summed E-state index contributed by atoms with van der Waals surface area (Å²) >= 11 is 4.73. The molecule has 90 valence electrons. The molecular formula is C9H9BrN4O2S. The van der Waals surface area contributed by atoms with Crippen LogP contribution in [0.2, 0.25) is 0 Å². The number of carbonyl (C=O) groups is 1. The Morgan fingerprint density at radius 1 is 1.71 bits per heavy atom. The number of H-pyrrole nitrogens is 1. The summed E-state index contributed by atoms with van der Waals surface area (Å²) in [5.41, 5.74) is 0.566. The van der Waals surface area contributed by atoms with Crippen LogP contribution in [-0.2, 0) is 0 Å². The molecule has 0 saturated heterocycles. The average molecular weight is 317 g/mol. The van der Waals surface area contributed by atoms with Gasteiger partial charge in [-0.2, -0.15) is 4.98 Å². The topological polar surface area (TPSA) is 79.9 Å². The van der Waals surface area contributed by atoms with Crippen LogP contribution in [0.1, 0.15) is 17.3 Å². The maximum atomic E-state index is 11.7. The van der Waals surface area contributed by atoms with Gasteiger partial charge in [-0.1, -0.05) is 0 Å². The lowest BCUT2D eigenvalue weighted by Gasteiger charge is -1.97. The molecule has 0 radical (unpaired) electrons. The molecule has 2 rings (SSSR count). The Balaban J connectivity index is 2.02. The molecule has 2 aromatic rings. The molecule has 17 heavy (non-hydrogen) atoms. The van der Waals surface area contributed by atoms with E-state index in [2.05, 4.69) is 36.4 Å². The molecule has 0 aliphatic rings. The number of carbonyl (C=O) groups excluding carboxylic acids is 1. The third-order valence-corrected chi connectivity index (χ3v) is 3.30. The van der Waals surface area contributed by atoms with Gasteiger partial charge >= 0.3 is 6.01 Å². The molecule has 0 fully saturated rings. The Bertz CT molecular complexity index is 525. The quantitative estimate of drug-likeness (QED) is 0.906. The van der Waals surface area contributed by atoms with E-state index in [0.717, 1.165) is 3.79 Å². The minimum absolute atomic E-state index is 0.217. The van der Waals surface area contributed by atoms with Gasteiger partial charge in [-0.25, -0.2) is 5.10 Å². The zero-order chi connectivity index (χ0) is 12.3. The highest BCUT2D eigenvalue weighted by atomic mass is 79.9. The van der Waals surface area contributed by atoms with Gasteiger partial charge in [0.1, 0.15) is 0 Å². The number of hydrogen-bond donors (Lipinski definition) is 2. The number of halogens is 1. The van der Waals surface area contributed by atoms with Crippen LogP contribution in [-0.4, -0.2) is 27.7 Å². The van der Waals surface area contributed by atoms with Crippen LogP contribution in [0.3, 0.4) is 0 Å². The average Bonchev–Trinajstić information content (AvgIpc) is 2.88. The highest BCUT2D eigenvalue weighted by molar-refractivity contribution is 9.11. The van der Waals surface area contributed by atoms with Crippen LogP contribution in [0.15, 0.2) is 15.2 Å². The highest BCUT2D eigenvalue weighted by Crippen LogP contribution is 2.21. The third-order valence-electron chi connectivity index (χ3n) is 1.80. The molecule has 0 saturated carbocycles. The van der Waals surface area contributed by atoms with E-state index in [0.29, 0.717) is 12.2 Å². The lowest BCUT2D eigenvalue weighted by atomic mass is 10.3. The van der Waals surface area contributed by atoms with Crippen molar-refractivity contribution in [2.24, 2.45) is 0 Å². The fourth-order valence-corrected chi connectivity index (χ4v) is 2.24. The first-order valence-electron chi connectivity index (χ1n) is 4.79. The molecule has 0 atom stereocenters. The minimum Gasteiger partial charge on any atom is -0.463 e. The summed E-state index contributed by atoms with van der Waals surface area (Å²) in [5, 5.41) is 10.7. The van der Waals surface area contributed by atoms with E-state index in [1.807, 2.05) is 6.92 Å². The predicted molar refractivity (Wildman–Crippen MR) is 67.5 cm³/mol. The number of nitrogens with zero attached hydrogens (tertiary/aromatic N) is 2. The Morgan fingerprint density at radius 2 is 2.53 bits per heavy atom. The normalized spacial score (nSPS) is 10.2. The minimum atomic E-state index is -0.244. The van der Waals surface area contributed by atoms with E-state index < -0.39 is 0 Å². The van der Waals surface area contributed by atoms with Gasteiger partial charge in [-0.15, -0.1) is 16.4 Å². The van der Waals surface area contributed by atoms with Gasteiger partial charge in [0.05, 0.1) is 16.0 Å². The molecule has 0 aliphatic heterocycles. The number of amides is 1. The second-order valence-corrected chi connectivity index (χ2v) is 5.28. The standard InChI is InChI=1S/C9H9BrN4O2S/c1-2-16-9-12-8(13-14-9)11-7(15)5-3-6(10)17-4-5/h3-4H,2H2,1H3,(H2,11,12,13,14,15). The summed E-state index contributed by atoms with van der Waals surface area (Å²) in [6.07, 6.45) is 0. The number of thiophene rings is 1. The maximum absolute atomic E-state index is 11.7. The summed E-state index contributed by atoms with van der Waals surface area (Å²) in [6, 6.07) is 1.95. The molecular weight excluding hydrogens is 308 g/mol. The number of anilines is 1. The van der Waals surface area contributed by atoms with Crippen LogP contribution >= 0.6 is 27.3 Å². The largest absolute Gasteiger partial charge is 0.463 e. The lowest BCUT2D eigenvalue weighted by Crippen LogP contribution is -2.11. The molecule has 6 nitrogen and oxygen atoms in total. The second kappa shape index (κ2) is 5.28. The first-order chi connectivity index (χ1) is 8.19. The molecule has 0 unspecified atom stereocenters. The number of nitrogens with one attached hydrogen (secondary N) is 2. The molecule has 2 aromatic heterocycles. The van der Waals surface area contributed by atoms with Crippen molar-refractivity contribution in [3.63, 3.8) is 0 Å². The van der Waals surface area contributed by atoms with Crippen molar-refractivity contribution >= 4 is 39.1 Å². The molecule has 0 aliphatic carbocycles. The van der Waals surface area contributed by atoms with Gasteiger partial charge in [0.2, 0.25) is 5.95 Å². The lowest BCUT2D eigenvalue weighted by molar-refractivity contribution is 0.102. The van der Waals surface area contributed by atoms with Crippen molar-refractivity contribution in [1.29, 1.82) is 0 Å². The monoisotopic (exact) mass is 316 g/mol. The van der Waals surface area contributed by atoms with E-state index in [9.17, 15) is 4.79 Å². The number of aromatic amines is 1. The number of hydrogen-bond acceptors (Lipinski definition) is 5. The Morgan fingerprint density at radius 3 is 3.18 bits per heavy atom. The predicted octanol–water partition coefficient (Wildman–Crippen LogP) is 2.28. The number of aromatic nitrogens is 3.